The van der Waals surface area contributed by atoms with E-state index in [2.05, 4.69) is 0 Å². The largest absolute Gasteiger partial charge is 0.481 e. The molecule has 2 rings (SSSR count). The fraction of sp³-hybridized carbons (Fsp3) is 0.500. The van der Waals surface area contributed by atoms with Crippen LogP contribution < -0.4 is 0 Å². The zero-order chi connectivity index (χ0) is 14.0. The molecule has 0 aliphatic carbocycles. The standard InChI is InChI=1S/C14H17F2NO2/c1-9-2-11(14(18)19)8-17(6-9)7-10-3-12(15)5-13(16)4-10/h3-5,9,11H,2,6-8H2,1H3,(H,18,19). The van der Waals surface area contributed by atoms with Crippen LogP contribution in [0.25, 0.3) is 0 Å². The van der Waals surface area contributed by atoms with Crippen LogP contribution in [0, 0.1) is 23.5 Å². The molecular formula is C14H17F2NO2. The molecule has 1 aliphatic heterocycles. The van der Waals surface area contributed by atoms with E-state index in [9.17, 15) is 13.6 Å². The number of nitrogens with zero attached hydrogens (tertiary/aromatic N) is 1. The summed E-state index contributed by atoms with van der Waals surface area (Å²) in [5.41, 5.74) is 0.538. The number of piperidine rings is 1. The molecule has 0 aromatic heterocycles. The van der Waals surface area contributed by atoms with Crippen LogP contribution in [0.5, 0.6) is 0 Å². The van der Waals surface area contributed by atoms with Gasteiger partial charge in [-0.3, -0.25) is 9.69 Å². The Balaban J connectivity index is 2.07. The topological polar surface area (TPSA) is 40.5 Å². The van der Waals surface area contributed by atoms with Crippen LogP contribution in [0.1, 0.15) is 18.9 Å². The number of carbonyl (C=O) groups is 1. The van der Waals surface area contributed by atoms with E-state index in [1.54, 1.807) is 0 Å². The number of halogens is 2. The lowest BCUT2D eigenvalue weighted by Gasteiger charge is -2.34. The van der Waals surface area contributed by atoms with Crippen molar-refractivity contribution in [2.45, 2.75) is 19.9 Å². The summed E-state index contributed by atoms with van der Waals surface area (Å²) in [6.07, 6.45) is 0.656. The average molecular weight is 269 g/mol. The maximum atomic E-state index is 13.1. The second-order valence-corrected chi connectivity index (χ2v) is 5.35. The normalized spacial score (nSPS) is 24.4. The van der Waals surface area contributed by atoms with Gasteiger partial charge >= 0.3 is 5.97 Å². The summed E-state index contributed by atoms with van der Waals surface area (Å²) in [4.78, 5) is 13.0. The summed E-state index contributed by atoms with van der Waals surface area (Å²) in [5, 5.41) is 9.08. The molecule has 1 N–H and O–H groups in total. The Morgan fingerprint density at radius 3 is 2.53 bits per heavy atom. The van der Waals surface area contributed by atoms with E-state index >= 15 is 0 Å². The fourth-order valence-corrected chi connectivity index (χ4v) is 2.73. The molecule has 19 heavy (non-hydrogen) atoms. The molecular weight excluding hydrogens is 252 g/mol. The molecule has 0 amide bonds. The van der Waals surface area contributed by atoms with E-state index in [1.165, 1.54) is 12.1 Å². The van der Waals surface area contributed by atoms with Gasteiger partial charge in [0.2, 0.25) is 0 Å². The first-order valence-corrected chi connectivity index (χ1v) is 6.34. The number of rotatable bonds is 3. The Morgan fingerprint density at radius 1 is 1.32 bits per heavy atom. The van der Waals surface area contributed by atoms with Gasteiger partial charge in [-0.05, 0) is 30.0 Å². The minimum atomic E-state index is -0.804. The first-order valence-electron chi connectivity index (χ1n) is 6.34. The third-order valence-electron chi connectivity index (χ3n) is 3.41. The predicted octanol–water partition coefficient (Wildman–Crippen LogP) is 2.51. The molecule has 0 spiro atoms. The van der Waals surface area contributed by atoms with E-state index in [0.29, 0.717) is 25.1 Å². The van der Waals surface area contributed by atoms with Crippen molar-refractivity contribution >= 4 is 5.97 Å². The van der Waals surface area contributed by atoms with E-state index in [4.69, 9.17) is 5.11 Å². The van der Waals surface area contributed by atoms with Crippen LogP contribution in [-0.2, 0) is 11.3 Å². The van der Waals surface area contributed by atoms with E-state index in [-0.39, 0.29) is 5.92 Å². The lowest BCUT2D eigenvalue weighted by atomic mass is 9.90. The molecule has 2 unspecified atom stereocenters. The lowest BCUT2D eigenvalue weighted by Crippen LogP contribution is -2.41. The molecule has 1 aliphatic rings. The van der Waals surface area contributed by atoms with Gasteiger partial charge in [-0.15, -0.1) is 0 Å². The Kier molecular flexibility index (Phi) is 4.14. The molecule has 0 saturated carbocycles. The predicted molar refractivity (Wildman–Crippen MR) is 66.5 cm³/mol. The smallest absolute Gasteiger partial charge is 0.307 e. The monoisotopic (exact) mass is 269 g/mol. The third-order valence-corrected chi connectivity index (χ3v) is 3.41. The van der Waals surface area contributed by atoms with Gasteiger partial charge in [0.15, 0.2) is 0 Å². The highest BCUT2D eigenvalue weighted by Crippen LogP contribution is 2.23. The second kappa shape index (κ2) is 5.65. The summed E-state index contributed by atoms with van der Waals surface area (Å²) < 4.78 is 26.2. The molecule has 1 fully saturated rings. The van der Waals surface area contributed by atoms with Gasteiger partial charge in [0, 0.05) is 25.7 Å². The number of hydrogen-bond donors (Lipinski definition) is 1. The Morgan fingerprint density at radius 2 is 1.95 bits per heavy atom. The van der Waals surface area contributed by atoms with Crippen LogP contribution in [0.3, 0.4) is 0 Å². The van der Waals surface area contributed by atoms with Crippen molar-refractivity contribution in [2.24, 2.45) is 11.8 Å². The summed E-state index contributed by atoms with van der Waals surface area (Å²) >= 11 is 0. The van der Waals surface area contributed by atoms with Crippen molar-refractivity contribution in [2.75, 3.05) is 13.1 Å². The maximum absolute atomic E-state index is 13.1. The number of likely N-dealkylation sites (tertiary alicyclic amines) is 1. The molecule has 0 bridgehead atoms. The van der Waals surface area contributed by atoms with Gasteiger partial charge < -0.3 is 5.11 Å². The summed E-state index contributed by atoms with van der Waals surface area (Å²) in [6, 6.07) is 3.42. The van der Waals surface area contributed by atoms with E-state index in [0.717, 1.165) is 12.6 Å². The average Bonchev–Trinajstić information content (AvgIpc) is 2.26. The summed E-state index contributed by atoms with van der Waals surface area (Å²) in [5.74, 6) is -2.14. The quantitative estimate of drug-likeness (QED) is 0.916. The molecule has 104 valence electrons. The lowest BCUT2D eigenvalue weighted by molar-refractivity contribution is -0.144. The van der Waals surface area contributed by atoms with Crippen molar-refractivity contribution in [1.82, 2.24) is 4.90 Å². The highest BCUT2D eigenvalue weighted by Gasteiger charge is 2.29. The van der Waals surface area contributed by atoms with Crippen LogP contribution in [0.4, 0.5) is 8.78 Å². The minimum absolute atomic E-state index is 0.272. The van der Waals surface area contributed by atoms with Crippen molar-refractivity contribution in [3.05, 3.63) is 35.4 Å². The first-order chi connectivity index (χ1) is 8.94. The van der Waals surface area contributed by atoms with Crippen molar-refractivity contribution in [3.63, 3.8) is 0 Å². The molecule has 0 radical (unpaired) electrons. The van der Waals surface area contributed by atoms with Gasteiger partial charge in [0.1, 0.15) is 11.6 Å². The molecule has 3 nitrogen and oxygen atoms in total. The van der Waals surface area contributed by atoms with Gasteiger partial charge in [-0.2, -0.15) is 0 Å². The molecule has 2 atom stereocenters. The second-order valence-electron chi connectivity index (χ2n) is 5.35. The van der Waals surface area contributed by atoms with Gasteiger partial charge in [-0.25, -0.2) is 8.78 Å². The number of carboxylic acid groups (broad SMARTS) is 1. The number of aliphatic carboxylic acids is 1. The van der Waals surface area contributed by atoms with Gasteiger partial charge in [0.25, 0.3) is 0 Å². The zero-order valence-electron chi connectivity index (χ0n) is 10.8. The highest BCUT2D eigenvalue weighted by atomic mass is 19.1. The van der Waals surface area contributed by atoms with Crippen molar-refractivity contribution in [3.8, 4) is 0 Å². The Labute approximate surface area is 110 Å². The summed E-state index contributed by atoms with van der Waals surface area (Å²) in [7, 11) is 0. The van der Waals surface area contributed by atoms with E-state index in [1.807, 2.05) is 11.8 Å². The number of benzene rings is 1. The van der Waals surface area contributed by atoms with Crippen molar-refractivity contribution in [1.29, 1.82) is 0 Å². The van der Waals surface area contributed by atoms with Crippen LogP contribution in [0.15, 0.2) is 18.2 Å². The van der Waals surface area contributed by atoms with Crippen molar-refractivity contribution < 1.29 is 18.7 Å². The zero-order valence-corrected chi connectivity index (χ0v) is 10.8. The highest BCUT2D eigenvalue weighted by molar-refractivity contribution is 5.70. The van der Waals surface area contributed by atoms with Crippen LogP contribution in [0.2, 0.25) is 0 Å². The third kappa shape index (κ3) is 3.73. The number of hydrogen-bond acceptors (Lipinski definition) is 2. The molecule has 1 heterocycles. The van der Waals surface area contributed by atoms with Crippen LogP contribution >= 0.6 is 0 Å². The Bertz CT molecular complexity index is 458. The SMILES string of the molecule is CC1CC(C(=O)O)CN(Cc2cc(F)cc(F)c2)C1. The molecule has 1 aromatic carbocycles. The fourth-order valence-electron chi connectivity index (χ4n) is 2.73. The molecule has 1 saturated heterocycles. The van der Waals surface area contributed by atoms with E-state index < -0.39 is 23.5 Å². The minimum Gasteiger partial charge on any atom is -0.481 e. The first kappa shape index (κ1) is 13.9. The van der Waals surface area contributed by atoms with Gasteiger partial charge in [0.05, 0.1) is 5.92 Å². The maximum Gasteiger partial charge on any atom is 0.307 e. The Hall–Kier alpha value is -1.49. The number of carboxylic acids is 1. The molecule has 5 heteroatoms. The van der Waals surface area contributed by atoms with Crippen LogP contribution in [-0.4, -0.2) is 29.1 Å². The summed E-state index contributed by atoms with van der Waals surface area (Å²) in [6.45, 7) is 3.55. The molecule has 1 aromatic rings. The van der Waals surface area contributed by atoms with Gasteiger partial charge in [-0.1, -0.05) is 6.92 Å².